The summed E-state index contributed by atoms with van der Waals surface area (Å²) in [6.45, 7) is 6.30. The number of benzene rings is 1. The first-order chi connectivity index (χ1) is 19.7. The monoisotopic (exact) mass is 572 g/mol. The molecule has 1 aromatic carbocycles. The average Bonchev–Trinajstić information content (AvgIpc) is 2.99. The normalized spacial score (nSPS) is 21.0. The topological polar surface area (TPSA) is 149 Å². The minimum absolute atomic E-state index is 0.00586. The molecule has 0 bridgehead atoms. The number of nitrogens with one attached hydrogen (secondary N) is 1. The van der Waals surface area contributed by atoms with E-state index in [4.69, 9.17) is 28.4 Å². The molecular formula is C29H36N2O10. The van der Waals surface area contributed by atoms with Gasteiger partial charge in [0.25, 0.3) is 5.91 Å². The van der Waals surface area contributed by atoms with Crippen LogP contribution in [0.15, 0.2) is 42.6 Å². The molecule has 2 aromatic rings. The summed E-state index contributed by atoms with van der Waals surface area (Å²) in [4.78, 5) is 56.4. The Labute approximate surface area is 238 Å². The van der Waals surface area contributed by atoms with E-state index in [0.29, 0.717) is 6.61 Å². The Morgan fingerprint density at radius 2 is 1.85 bits per heavy atom. The van der Waals surface area contributed by atoms with Crippen LogP contribution < -0.4 is 14.8 Å². The molecule has 0 radical (unpaired) electrons. The van der Waals surface area contributed by atoms with Gasteiger partial charge in [0.15, 0.2) is 36.1 Å². The lowest BCUT2D eigenvalue weighted by atomic mass is 9.91. The third-order valence-electron chi connectivity index (χ3n) is 6.26. The molecule has 12 nitrogen and oxygen atoms in total. The van der Waals surface area contributed by atoms with E-state index >= 15 is 0 Å². The van der Waals surface area contributed by atoms with Crippen molar-refractivity contribution in [2.45, 2.75) is 52.4 Å². The highest BCUT2D eigenvalue weighted by Crippen LogP contribution is 2.30. The van der Waals surface area contributed by atoms with Crippen LogP contribution in [0.1, 0.15) is 43.7 Å². The first-order valence-electron chi connectivity index (χ1n) is 13.3. The van der Waals surface area contributed by atoms with Crippen molar-refractivity contribution in [3.8, 4) is 11.5 Å². The minimum Gasteiger partial charge on any atom is -0.493 e. The number of ether oxygens (including phenoxy) is 6. The second kappa shape index (κ2) is 15.0. The Balaban J connectivity index is 1.87. The molecular weight excluding hydrogens is 536 g/mol. The molecule has 1 aliphatic rings. The Kier molecular flexibility index (Phi) is 11.5. The maximum Gasteiger partial charge on any atom is 0.332 e. The van der Waals surface area contributed by atoms with E-state index < -0.39 is 60.5 Å². The van der Waals surface area contributed by atoms with E-state index in [1.807, 2.05) is 30.3 Å². The van der Waals surface area contributed by atoms with Crippen molar-refractivity contribution in [2.75, 3.05) is 27.1 Å². The van der Waals surface area contributed by atoms with Crippen LogP contribution in [-0.4, -0.2) is 74.2 Å². The number of esters is 3. The minimum atomic E-state index is -1.39. The lowest BCUT2D eigenvalue weighted by Crippen LogP contribution is -2.47. The number of cyclic esters (lactones) is 2. The smallest absolute Gasteiger partial charge is 0.332 e. The fourth-order valence-electron chi connectivity index (χ4n) is 4.05. The number of nitrogens with zero attached hydrogens (tertiary/aromatic N) is 1. The Hall–Kier alpha value is -4.19. The van der Waals surface area contributed by atoms with Crippen molar-refractivity contribution >= 4 is 23.8 Å². The molecule has 3 rings (SSSR count). The van der Waals surface area contributed by atoms with Gasteiger partial charge < -0.3 is 33.7 Å². The van der Waals surface area contributed by atoms with Crippen molar-refractivity contribution in [1.82, 2.24) is 10.3 Å². The zero-order valence-electron chi connectivity index (χ0n) is 23.8. The maximum absolute atomic E-state index is 13.4. The van der Waals surface area contributed by atoms with Gasteiger partial charge in [-0.3, -0.25) is 14.4 Å². The highest BCUT2D eigenvalue weighted by Gasteiger charge is 2.42. The zero-order chi connectivity index (χ0) is 29.9. The molecule has 12 heteroatoms. The summed E-state index contributed by atoms with van der Waals surface area (Å²) in [5, 5.41) is 2.50. The second-order valence-corrected chi connectivity index (χ2v) is 9.60. The second-order valence-electron chi connectivity index (χ2n) is 9.60. The van der Waals surface area contributed by atoms with E-state index in [9.17, 15) is 19.2 Å². The van der Waals surface area contributed by atoms with Gasteiger partial charge in [-0.1, -0.05) is 44.2 Å². The molecule has 41 heavy (non-hydrogen) atoms. The summed E-state index contributed by atoms with van der Waals surface area (Å²) in [7, 11) is 1.40. The van der Waals surface area contributed by atoms with Gasteiger partial charge in [0.2, 0.25) is 0 Å². The van der Waals surface area contributed by atoms with E-state index in [1.165, 1.54) is 26.3 Å². The molecule has 1 saturated heterocycles. The van der Waals surface area contributed by atoms with Crippen molar-refractivity contribution in [1.29, 1.82) is 0 Å². The molecule has 2 heterocycles. The third kappa shape index (κ3) is 8.40. The summed E-state index contributed by atoms with van der Waals surface area (Å²) in [6, 6.07) is 9.24. The molecule has 1 fully saturated rings. The average molecular weight is 573 g/mol. The Morgan fingerprint density at radius 3 is 2.51 bits per heavy atom. The SMILES string of the molecule is CCOCOc1c(OC)ccnc1C(=O)N[C@H]1COC(=O)C(Cc2ccccc2)[C@@H](OC(=O)C(C)C)[C@H](C)OC1=O. The van der Waals surface area contributed by atoms with Gasteiger partial charge >= 0.3 is 17.9 Å². The van der Waals surface area contributed by atoms with E-state index in [-0.39, 0.29) is 30.4 Å². The first kappa shape index (κ1) is 31.3. The van der Waals surface area contributed by atoms with Crippen molar-refractivity contribution in [3.05, 3.63) is 53.9 Å². The largest absolute Gasteiger partial charge is 0.493 e. The Morgan fingerprint density at radius 1 is 1.12 bits per heavy atom. The maximum atomic E-state index is 13.4. The van der Waals surface area contributed by atoms with Crippen molar-refractivity contribution in [2.24, 2.45) is 11.8 Å². The standard InChI is InChI=1S/C29H36N2O10/c1-6-37-16-39-25-22(36-5)12-13-30-23(25)26(32)31-21-15-38-28(34)20(14-19-10-8-7-9-11-19)24(18(4)40-29(21)35)41-27(33)17(2)3/h7-13,17-18,20-21,24H,6,14-16H2,1-5H3,(H,31,32)/t18-,20?,21-,24-/m0/s1. The van der Waals surface area contributed by atoms with Gasteiger partial charge in [0, 0.05) is 18.9 Å². The number of carbonyl (C=O) groups excluding carboxylic acids is 4. The number of amides is 1. The van der Waals surface area contributed by atoms with E-state index in [0.717, 1.165) is 5.56 Å². The number of hydrogen-bond acceptors (Lipinski definition) is 11. The molecule has 222 valence electrons. The van der Waals surface area contributed by atoms with Crippen LogP contribution in [0.2, 0.25) is 0 Å². The number of carbonyl (C=O) groups is 4. The molecule has 1 aromatic heterocycles. The molecule has 0 aliphatic carbocycles. The molecule has 1 N–H and O–H groups in total. The molecule has 0 saturated carbocycles. The van der Waals surface area contributed by atoms with Crippen molar-refractivity contribution < 1.29 is 47.6 Å². The summed E-state index contributed by atoms with van der Waals surface area (Å²) in [6.07, 6.45) is -0.658. The zero-order valence-corrected chi connectivity index (χ0v) is 23.8. The van der Waals surface area contributed by atoms with Crippen LogP contribution >= 0.6 is 0 Å². The third-order valence-corrected chi connectivity index (χ3v) is 6.26. The number of methoxy groups -OCH3 is 1. The summed E-state index contributed by atoms with van der Waals surface area (Å²) in [5.74, 6) is -4.19. The van der Waals surface area contributed by atoms with Gasteiger partial charge in [-0.25, -0.2) is 9.78 Å². The summed E-state index contributed by atoms with van der Waals surface area (Å²) in [5.41, 5.74) is 0.619. The number of rotatable bonds is 11. The molecule has 1 aliphatic heterocycles. The van der Waals surface area contributed by atoms with Gasteiger partial charge in [0.05, 0.1) is 13.0 Å². The number of hydrogen-bond donors (Lipinski definition) is 1. The van der Waals surface area contributed by atoms with Crippen LogP contribution in [0.5, 0.6) is 11.5 Å². The summed E-state index contributed by atoms with van der Waals surface area (Å²) < 4.78 is 32.8. The molecule has 1 unspecified atom stereocenters. The quantitative estimate of drug-likeness (QED) is 0.183. The molecule has 0 spiro atoms. The van der Waals surface area contributed by atoms with Crippen LogP contribution in [0.3, 0.4) is 0 Å². The fourth-order valence-corrected chi connectivity index (χ4v) is 4.05. The fraction of sp³-hybridized carbons (Fsp3) is 0.483. The molecule has 4 atom stereocenters. The van der Waals surface area contributed by atoms with Crippen molar-refractivity contribution in [3.63, 3.8) is 0 Å². The van der Waals surface area contributed by atoms with E-state index in [1.54, 1.807) is 20.8 Å². The first-order valence-corrected chi connectivity index (χ1v) is 13.3. The predicted octanol–water partition coefficient (Wildman–Crippen LogP) is 2.48. The van der Waals surface area contributed by atoms with Crippen LogP contribution in [0, 0.1) is 11.8 Å². The highest BCUT2D eigenvalue weighted by atomic mass is 16.7. The van der Waals surface area contributed by atoms with Crippen LogP contribution in [0.25, 0.3) is 0 Å². The number of aromatic nitrogens is 1. The van der Waals surface area contributed by atoms with Crippen LogP contribution in [0.4, 0.5) is 0 Å². The molecule has 1 amide bonds. The van der Waals surface area contributed by atoms with Gasteiger partial charge in [0.1, 0.15) is 18.6 Å². The lowest BCUT2D eigenvalue weighted by molar-refractivity contribution is -0.176. The van der Waals surface area contributed by atoms with E-state index in [2.05, 4.69) is 10.3 Å². The van der Waals surface area contributed by atoms with Gasteiger partial charge in [-0.2, -0.15) is 0 Å². The predicted molar refractivity (Wildman–Crippen MR) is 144 cm³/mol. The van der Waals surface area contributed by atoms with Crippen LogP contribution in [-0.2, 0) is 39.8 Å². The lowest BCUT2D eigenvalue weighted by Gasteiger charge is -2.29. The summed E-state index contributed by atoms with van der Waals surface area (Å²) >= 11 is 0. The Bertz CT molecular complexity index is 1200. The van der Waals surface area contributed by atoms with Gasteiger partial charge in [-0.15, -0.1) is 0 Å². The number of pyridine rings is 1. The van der Waals surface area contributed by atoms with Gasteiger partial charge in [-0.05, 0) is 25.8 Å². The highest BCUT2D eigenvalue weighted by molar-refractivity contribution is 5.98.